The van der Waals surface area contributed by atoms with E-state index in [1.54, 1.807) is 17.4 Å². The highest BCUT2D eigenvalue weighted by Crippen LogP contribution is 2.34. The first-order chi connectivity index (χ1) is 9.02. The quantitative estimate of drug-likeness (QED) is 0.828. The molecule has 0 radical (unpaired) electrons. The molecule has 1 N–H and O–H groups in total. The van der Waals surface area contributed by atoms with E-state index >= 15 is 0 Å². The highest BCUT2D eigenvalue weighted by atomic mass is 79.9. The molecule has 1 atom stereocenters. The predicted octanol–water partition coefficient (Wildman–Crippen LogP) is 4.97. The highest BCUT2D eigenvalue weighted by molar-refractivity contribution is 9.11. The summed E-state index contributed by atoms with van der Waals surface area (Å²) >= 11 is 5.11. The van der Waals surface area contributed by atoms with Gasteiger partial charge in [-0.25, -0.2) is 4.39 Å². The minimum absolute atomic E-state index is 0.0816. The summed E-state index contributed by atoms with van der Waals surface area (Å²) in [7, 11) is 0. The topological polar surface area (TPSA) is 12.0 Å². The number of benzene rings is 1. The maximum Gasteiger partial charge on any atom is 0.128 e. The molecule has 0 saturated heterocycles. The van der Waals surface area contributed by atoms with E-state index in [-0.39, 0.29) is 11.9 Å². The molecule has 2 rings (SSSR count). The van der Waals surface area contributed by atoms with Gasteiger partial charge in [0.2, 0.25) is 0 Å². The van der Waals surface area contributed by atoms with Crippen molar-refractivity contribution >= 4 is 27.3 Å². The maximum absolute atomic E-state index is 14.3. The van der Waals surface area contributed by atoms with E-state index in [0.29, 0.717) is 0 Å². The van der Waals surface area contributed by atoms with E-state index in [2.05, 4.69) is 21.2 Å². The summed E-state index contributed by atoms with van der Waals surface area (Å²) in [5, 5.41) is 3.38. The molecule has 1 aromatic carbocycles. The van der Waals surface area contributed by atoms with Crippen LogP contribution in [-0.4, -0.2) is 6.54 Å². The molecule has 0 bridgehead atoms. The van der Waals surface area contributed by atoms with Gasteiger partial charge in [0.05, 0.1) is 9.83 Å². The van der Waals surface area contributed by atoms with Crippen LogP contribution in [0.4, 0.5) is 4.39 Å². The zero-order valence-electron chi connectivity index (χ0n) is 11.3. The van der Waals surface area contributed by atoms with Gasteiger partial charge in [0.15, 0.2) is 0 Å². The van der Waals surface area contributed by atoms with Gasteiger partial charge in [-0.15, -0.1) is 11.3 Å². The number of rotatable bonds is 4. The molecule has 0 aliphatic rings. The Hall–Kier alpha value is -0.710. The molecule has 0 fully saturated rings. The minimum atomic E-state index is -0.132. The molecule has 19 heavy (non-hydrogen) atoms. The van der Waals surface area contributed by atoms with Crippen LogP contribution < -0.4 is 5.32 Å². The van der Waals surface area contributed by atoms with Crippen molar-refractivity contribution in [2.75, 3.05) is 6.54 Å². The lowest BCUT2D eigenvalue weighted by Gasteiger charge is -2.20. The number of nitrogens with one attached hydrogen (secondary N) is 1. The zero-order chi connectivity index (χ0) is 14.0. The lowest BCUT2D eigenvalue weighted by atomic mass is 9.97. The van der Waals surface area contributed by atoms with Gasteiger partial charge in [-0.05, 0) is 65.6 Å². The Bertz CT molecular complexity index is 556. The van der Waals surface area contributed by atoms with E-state index in [4.69, 9.17) is 0 Å². The molecule has 1 nitrogen and oxygen atoms in total. The minimum Gasteiger partial charge on any atom is -0.306 e. The number of hydrogen-bond donors (Lipinski definition) is 1. The van der Waals surface area contributed by atoms with Gasteiger partial charge in [-0.3, -0.25) is 0 Å². The Morgan fingerprint density at radius 2 is 2.05 bits per heavy atom. The van der Waals surface area contributed by atoms with Crippen LogP contribution in [0.25, 0.3) is 0 Å². The molecule has 0 saturated carbocycles. The Morgan fingerprint density at radius 3 is 2.58 bits per heavy atom. The summed E-state index contributed by atoms with van der Waals surface area (Å²) in [5.41, 5.74) is 2.70. The predicted molar refractivity (Wildman–Crippen MR) is 83.4 cm³/mol. The fourth-order valence-electron chi connectivity index (χ4n) is 2.32. The Morgan fingerprint density at radius 1 is 1.32 bits per heavy atom. The van der Waals surface area contributed by atoms with Crippen molar-refractivity contribution in [3.05, 3.63) is 55.4 Å². The molecule has 102 valence electrons. The van der Waals surface area contributed by atoms with Crippen molar-refractivity contribution in [2.45, 2.75) is 26.8 Å². The third-order valence-corrected chi connectivity index (χ3v) is 4.74. The van der Waals surface area contributed by atoms with Crippen LogP contribution in [0.1, 0.15) is 34.5 Å². The van der Waals surface area contributed by atoms with Crippen LogP contribution in [-0.2, 0) is 0 Å². The van der Waals surface area contributed by atoms with Gasteiger partial charge < -0.3 is 5.32 Å². The molecular formula is C15H17BrFNS. The molecule has 0 amide bonds. The summed E-state index contributed by atoms with van der Waals surface area (Å²) in [6.45, 7) is 6.73. The second-order valence-electron chi connectivity index (χ2n) is 4.61. The van der Waals surface area contributed by atoms with E-state index in [0.717, 1.165) is 31.9 Å². The van der Waals surface area contributed by atoms with Gasteiger partial charge in [0.1, 0.15) is 5.82 Å². The maximum atomic E-state index is 14.3. The fraction of sp³-hybridized carbons (Fsp3) is 0.333. The SMILES string of the molecule is CCNC(c1ccc(Br)s1)c1c(C)cc(C)cc1F. The lowest BCUT2D eigenvalue weighted by molar-refractivity contribution is 0.559. The number of aryl methyl sites for hydroxylation is 2. The molecule has 0 spiro atoms. The zero-order valence-corrected chi connectivity index (χ0v) is 13.7. The van der Waals surface area contributed by atoms with Crippen LogP contribution in [0.15, 0.2) is 28.1 Å². The van der Waals surface area contributed by atoms with Gasteiger partial charge in [0, 0.05) is 10.4 Å². The average Bonchev–Trinajstić information content (AvgIpc) is 2.73. The van der Waals surface area contributed by atoms with E-state index < -0.39 is 0 Å². The molecular weight excluding hydrogens is 325 g/mol. The second-order valence-corrected chi connectivity index (χ2v) is 7.10. The van der Waals surface area contributed by atoms with Gasteiger partial charge in [-0.2, -0.15) is 0 Å². The van der Waals surface area contributed by atoms with Gasteiger partial charge in [0.25, 0.3) is 0 Å². The molecule has 1 heterocycles. The largest absolute Gasteiger partial charge is 0.306 e. The number of hydrogen-bond acceptors (Lipinski definition) is 2. The van der Waals surface area contributed by atoms with Crippen molar-refractivity contribution in [1.29, 1.82) is 0 Å². The Kier molecular flexibility index (Phi) is 4.76. The van der Waals surface area contributed by atoms with Crippen LogP contribution in [0.3, 0.4) is 0 Å². The Balaban J connectivity index is 2.51. The van der Waals surface area contributed by atoms with Crippen LogP contribution in [0.2, 0.25) is 0 Å². The van der Waals surface area contributed by atoms with Crippen molar-refractivity contribution in [2.24, 2.45) is 0 Å². The molecule has 1 aromatic heterocycles. The highest BCUT2D eigenvalue weighted by Gasteiger charge is 2.21. The van der Waals surface area contributed by atoms with Crippen LogP contribution >= 0.6 is 27.3 Å². The van der Waals surface area contributed by atoms with Crippen LogP contribution in [0.5, 0.6) is 0 Å². The van der Waals surface area contributed by atoms with Gasteiger partial charge in [-0.1, -0.05) is 13.0 Å². The summed E-state index contributed by atoms with van der Waals surface area (Å²) in [4.78, 5) is 1.12. The molecule has 0 aliphatic heterocycles. The summed E-state index contributed by atoms with van der Waals surface area (Å²) in [5.74, 6) is -0.132. The number of thiophene rings is 1. The first-order valence-electron chi connectivity index (χ1n) is 6.28. The monoisotopic (exact) mass is 341 g/mol. The first kappa shape index (κ1) is 14.7. The Labute approximate surface area is 126 Å². The standard InChI is InChI=1S/C15H17BrFNS/c1-4-18-15(12-5-6-13(16)19-12)14-10(3)7-9(2)8-11(14)17/h5-8,15,18H,4H2,1-3H3. The second kappa shape index (κ2) is 6.16. The van der Waals surface area contributed by atoms with Crippen molar-refractivity contribution in [1.82, 2.24) is 5.32 Å². The van der Waals surface area contributed by atoms with E-state index in [1.807, 2.05) is 39.0 Å². The summed E-state index contributed by atoms with van der Waals surface area (Å²) in [6, 6.07) is 7.61. The van der Waals surface area contributed by atoms with Crippen LogP contribution in [0, 0.1) is 19.7 Å². The third-order valence-electron chi connectivity index (χ3n) is 3.06. The molecule has 1 unspecified atom stereocenters. The fourth-order valence-corrected chi connectivity index (χ4v) is 3.83. The molecule has 2 aromatic rings. The van der Waals surface area contributed by atoms with Crippen molar-refractivity contribution in [3.63, 3.8) is 0 Å². The van der Waals surface area contributed by atoms with E-state index in [9.17, 15) is 4.39 Å². The summed E-state index contributed by atoms with van der Waals surface area (Å²) in [6.07, 6.45) is 0. The van der Waals surface area contributed by atoms with Gasteiger partial charge >= 0.3 is 0 Å². The smallest absolute Gasteiger partial charge is 0.128 e. The average molecular weight is 342 g/mol. The summed E-state index contributed by atoms with van der Waals surface area (Å²) < 4.78 is 15.4. The molecule has 4 heteroatoms. The normalized spacial score (nSPS) is 12.7. The number of halogens is 2. The first-order valence-corrected chi connectivity index (χ1v) is 7.89. The third kappa shape index (κ3) is 3.25. The lowest BCUT2D eigenvalue weighted by Crippen LogP contribution is -2.23. The van der Waals surface area contributed by atoms with E-state index in [1.165, 1.54) is 0 Å². The van der Waals surface area contributed by atoms with Crippen molar-refractivity contribution < 1.29 is 4.39 Å². The van der Waals surface area contributed by atoms with Crippen molar-refractivity contribution in [3.8, 4) is 0 Å². The molecule has 0 aliphatic carbocycles.